The summed E-state index contributed by atoms with van der Waals surface area (Å²) in [5, 5.41) is 0. The van der Waals surface area contributed by atoms with Crippen molar-refractivity contribution in [3.8, 4) is 0 Å². The van der Waals surface area contributed by atoms with E-state index >= 15 is 0 Å². The van der Waals surface area contributed by atoms with Gasteiger partial charge in [0.05, 0.1) is 0 Å². The highest BCUT2D eigenvalue weighted by molar-refractivity contribution is 4.79. The second kappa shape index (κ2) is 4.48. The van der Waals surface area contributed by atoms with Crippen molar-refractivity contribution in [3.63, 3.8) is 0 Å². The molecule has 13 heavy (non-hydrogen) atoms. The van der Waals surface area contributed by atoms with Crippen LogP contribution in [0, 0.1) is 17.8 Å². The Balaban J connectivity index is 1.60. The van der Waals surface area contributed by atoms with Gasteiger partial charge < -0.3 is 0 Å². The molecule has 1 unspecified atom stereocenters. The molecule has 0 saturated heterocycles. The topological polar surface area (TPSA) is 0 Å². The highest BCUT2D eigenvalue weighted by Gasteiger charge is 2.28. The Bertz CT molecular complexity index is 140. The van der Waals surface area contributed by atoms with E-state index in [1.165, 1.54) is 57.8 Å². The summed E-state index contributed by atoms with van der Waals surface area (Å²) >= 11 is 0. The Hall–Kier alpha value is 0. The molecular weight excluding hydrogens is 156 g/mol. The summed E-state index contributed by atoms with van der Waals surface area (Å²) in [6, 6.07) is 0. The van der Waals surface area contributed by atoms with Gasteiger partial charge in [0.25, 0.3) is 0 Å². The molecule has 0 nitrogen and oxygen atoms in total. The lowest BCUT2D eigenvalue weighted by Crippen LogP contribution is -2.08. The van der Waals surface area contributed by atoms with Gasteiger partial charge in [-0.05, 0) is 30.6 Å². The van der Waals surface area contributed by atoms with Crippen molar-refractivity contribution in [2.24, 2.45) is 17.8 Å². The highest BCUT2D eigenvalue weighted by atomic mass is 14.3. The molecule has 2 fully saturated rings. The Labute approximate surface area is 83.1 Å². The Morgan fingerprint density at radius 3 is 2.31 bits per heavy atom. The van der Waals surface area contributed by atoms with Crippen molar-refractivity contribution >= 4 is 0 Å². The molecule has 0 aromatic heterocycles. The second-order valence-corrected chi connectivity index (χ2v) is 5.40. The predicted molar refractivity (Wildman–Crippen MR) is 57.7 cm³/mol. The average molecular weight is 180 g/mol. The fraction of sp³-hybridized carbons (Fsp3) is 1.00. The standard InChI is InChI=1S/C13H24/c1-11(13-9-10-13)7-8-12-5-3-2-4-6-12/h11-13H,2-10H2,1H3. The summed E-state index contributed by atoms with van der Waals surface area (Å²) in [4.78, 5) is 0. The van der Waals surface area contributed by atoms with E-state index in [1.807, 2.05) is 0 Å². The first-order chi connectivity index (χ1) is 6.36. The van der Waals surface area contributed by atoms with Gasteiger partial charge in [-0.15, -0.1) is 0 Å². The third-order valence-electron chi connectivity index (χ3n) is 4.18. The molecule has 0 radical (unpaired) electrons. The number of rotatable bonds is 4. The monoisotopic (exact) mass is 180 g/mol. The highest BCUT2D eigenvalue weighted by Crippen LogP contribution is 2.40. The third kappa shape index (κ3) is 3.00. The van der Waals surface area contributed by atoms with Crippen LogP contribution >= 0.6 is 0 Å². The molecular formula is C13H24. The quantitative estimate of drug-likeness (QED) is 0.602. The molecule has 2 aliphatic carbocycles. The molecule has 2 rings (SSSR count). The first-order valence-electron chi connectivity index (χ1n) is 6.36. The zero-order chi connectivity index (χ0) is 9.10. The minimum absolute atomic E-state index is 1.04. The van der Waals surface area contributed by atoms with Crippen LogP contribution in [-0.2, 0) is 0 Å². The number of hydrogen-bond donors (Lipinski definition) is 0. The summed E-state index contributed by atoms with van der Waals surface area (Å²) in [6.45, 7) is 2.47. The van der Waals surface area contributed by atoms with E-state index in [4.69, 9.17) is 0 Å². The van der Waals surface area contributed by atoms with Crippen LogP contribution in [0.15, 0.2) is 0 Å². The lowest BCUT2D eigenvalue weighted by Gasteiger charge is -2.22. The first kappa shape index (κ1) is 9.55. The summed E-state index contributed by atoms with van der Waals surface area (Å²) < 4.78 is 0. The summed E-state index contributed by atoms with van der Waals surface area (Å²) in [5.74, 6) is 3.28. The average Bonchev–Trinajstić information content (AvgIpc) is 2.99. The molecule has 0 aromatic carbocycles. The SMILES string of the molecule is CC(CCC1CCCCC1)C1CC1. The van der Waals surface area contributed by atoms with Crippen LogP contribution in [0.3, 0.4) is 0 Å². The molecule has 2 saturated carbocycles. The van der Waals surface area contributed by atoms with Crippen LogP contribution in [0.4, 0.5) is 0 Å². The molecule has 2 aliphatic rings. The van der Waals surface area contributed by atoms with Gasteiger partial charge in [-0.1, -0.05) is 51.9 Å². The molecule has 0 spiro atoms. The van der Waals surface area contributed by atoms with Gasteiger partial charge in [-0.2, -0.15) is 0 Å². The van der Waals surface area contributed by atoms with E-state index in [0.29, 0.717) is 0 Å². The molecule has 0 aromatic rings. The van der Waals surface area contributed by atoms with Crippen LogP contribution in [0.5, 0.6) is 0 Å². The van der Waals surface area contributed by atoms with E-state index in [9.17, 15) is 0 Å². The van der Waals surface area contributed by atoms with Gasteiger partial charge in [0.2, 0.25) is 0 Å². The lowest BCUT2D eigenvalue weighted by atomic mass is 9.84. The van der Waals surface area contributed by atoms with Crippen LogP contribution in [0.1, 0.15) is 64.7 Å². The predicted octanol–water partition coefficient (Wildman–Crippen LogP) is 4.39. The maximum absolute atomic E-state index is 2.47. The van der Waals surface area contributed by atoms with E-state index < -0.39 is 0 Å². The molecule has 0 amide bonds. The zero-order valence-corrected chi connectivity index (χ0v) is 9.10. The second-order valence-electron chi connectivity index (χ2n) is 5.40. The maximum Gasteiger partial charge on any atom is -0.0388 e. The van der Waals surface area contributed by atoms with Gasteiger partial charge in [-0.25, -0.2) is 0 Å². The van der Waals surface area contributed by atoms with Crippen molar-refractivity contribution in [2.45, 2.75) is 64.7 Å². The van der Waals surface area contributed by atoms with Crippen molar-refractivity contribution < 1.29 is 0 Å². The van der Waals surface area contributed by atoms with Crippen molar-refractivity contribution in [1.82, 2.24) is 0 Å². The van der Waals surface area contributed by atoms with E-state index in [1.54, 1.807) is 0 Å². The van der Waals surface area contributed by atoms with Gasteiger partial charge in [-0.3, -0.25) is 0 Å². The minimum atomic E-state index is 1.04. The lowest BCUT2D eigenvalue weighted by molar-refractivity contribution is 0.304. The van der Waals surface area contributed by atoms with Crippen molar-refractivity contribution in [1.29, 1.82) is 0 Å². The first-order valence-corrected chi connectivity index (χ1v) is 6.36. The molecule has 76 valence electrons. The number of hydrogen-bond acceptors (Lipinski definition) is 0. The molecule has 0 heterocycles. The van der Waals surface area contributed by atoms with Gasteiger partial charge in [0.1, 0.15) is 0 Å². The largest absolute Gasteiger partial charge is 0.0622 e. The molecule has 0 aliphatic heterocycles. The molecule has 1 atom stereocenters. The van der Waals surface area contributed by atoms with Gasteiger partial charge >= 0.3 is 0 Å². The van der Waals surface area contributed by atoms with Crippen LogP contribution < -0.4 is 0 Å². The minimum Gasteiger partial charge on any atom is -0.0622 e. The Morgan fingerprint density at radius 1 is 1.00 bits per heavy atom. The van der Waals surface area contributed by atoms with E-state index in [-0.39, 0.29) is 0 Å². The summed E-state index contributed by atoms with van der Waals surface area (Å²) in [6.07, 6.45) is 13.7. The fourth-order valence-electron chi connectivity index (χ4n) is 2.88. The van der Waals surface area contributed by atoms with Crippen LogP contribution in [0.2, 0.25) is 0 Å². The van der Waals surface area contributed by atoms with Crippen LogP contribution in [0.25, 0.3) is 0 Å². The van der Waals surface area contributed by atoms with E-state index in [0.717, 1.165) is 17.8 Å². The molecule has 0 heteroatoms. The van der Waals surface area contributed by atoms with Gasteiger partial charge in [0.15, 0.2) is 0 Å². The molecule has 0 N–H and O–H groups in total. The summed E-state index contributed by atoms with van der Waals surface area (Å²) in [7, 11) is 0. The summed E-state index contributed by atoms with van der Waals surface area (Å²) in [5.41, 5.74) is 0. The Morgan fingerprint density at radius 2 is 1.69 bits per heavy atom. The van der Waals surface area contributed by atoms with E-state index in [2.05, 4.69) is 6.92 Å². The van der Waals surface area contributed by atoms with Crippen molar-refractivity contribution in [2.75, 3.05) is 0 Å². The third-order valence-corrected chi connectivity index (χ3v) is 4.18. The molecule has 0 bridgehead atoms. The van der Waals surface area contributed by atoms with Gasteiger partial charge in [0, 0.05) is 0 Å². The fourth-order valence-corrected chi connectivity index (χ4v) is 2.88. The normalized spacial score (nSPS) is 27.5. The van der Waals surface area contributed by atoms with Crippen LogP contribution in [-0.4, -0.2) is 0 Å². The Kier molecular flexibility index (Phi) is 3.29. The smallest absolute Gasteiger partial charge is 0.0388 e. The van der Waals surface area contributed by atoms with Crippen molar-refractivity contribution in [3.05, 3.63) is 0 Å². The maximum atomic E-state index is 2.47. The zero-order valence-electron chi connectivity index (χ0n) is 9.10.